The van der Waals surface area contributed by atoms with Gasteiger partial charge in [-0.3, -0.25) is 4.79 Å². The van der Waals surface area contributed by atoms with Crippen LogP contribution in [0.1, 0.15) is 40.2 Å². The molecule has 6 nitrogen and oxygen atoms in total. The third-order valence-electron chi connectivity index (χ3n) is 5.59. The average Bonchev–Trinajstić information content (AvgIpc) is 3.34. The van der Waals surface area contributed by atoms with Gasteiger partial charge in [-0.15, -0.1) is 0 Å². The quantitative estimate of drug-likeness (QED) is 0.342. The highest BCUT2D eigenvalue weighted by Crippen LogP contribution is 2.49. The smallest absolute Gasteiger partial charge is 0.349 e. The minimum atomic E-state index is -6.51. The molecule has 0 spiro atoms. The molecule has 2 heterocycles. The summed E-state index contributed by atoms with van der Waals surface area (Å²) in [5.41, 5.74) is -8.83. The molecule has 1 aromatic carbocycles. The van der Waals surface area contributed by atoms with E-state index >= 15 is 0 Å². The molecule has 212 valence electrons. The van der Waals surface area contributed by atoms with Gasteiger partial charge in [0, 0.05) is 24.8 Å². The molecule has 0 saturated heterocycles. The Bertz CT molecular complexity index is 1430. The Balaban J connectivity index is 1.94. The van der Waals surface area contributed by atoms with E-state index in [0.29, 0.717) is 26.1 Å². The molecule has 4 rings (SSSR count). The molecule has 39 heavy (non-hydrogen) atoms. The van der Waals surface area contributed by atoms with Crippen molar-refractivity contribution in [2.24, 2.45) is 7.05 Å². The summed E-state index contributed by atoms with van der Waals surface area (Å²) in [7, 11) is 0.526. The fraction of sp³-hybridized carbons (Fsp3) is 0.381. The fourth-order valence-corrected chi connectivity index (χ4v) is 3.86. The second-order valence-corrected chi connectivity index (χ2v) is 8.92. The number of amides is 1. The summed E-state index contributed by atoms with van der Waals surface area (Å²) < 4.78 is 150. The van der Waals surface area contributed by atoms with Crippen LogP contribution in [0, 0.1) is 0 Å². The van der Waals surface area contributed by atoms with Crippen LogP contribution in [0.5, 0.6) is 0 Å². The second-order valence-electron chi connectivity index (χ2n) is 8.52. The number of alkyl halides is 11. The molecular weight excluding hydrogens is 583 g/mol. The highest BCUT2D eigenvalue weighted by Gasteiger charge is 2.64. The van der Waals surface area contributed by atoms with Crippen molar-refractivity contribution < 1.29 is 53.1 Å². The highest BCUT2D eigenvalue weighted by molar-refractivity contribution is 6.34. The van der Waals surface area contributed by atoms with Gasteiger partial charge in [-0.1, -0.05) is 17.7 Å². The van der Waals surface area contributed by atoms with Crippen LogP contribution in [0.3, 0.4) is 0 Å². The maximum atomic E-state index is 14.0. The van der Waals surface area contributed by atoms with Crippen LogP contribution in [-0.2, 0) is 25.3 Å². The number of nitrogens with one attached hydrogen (secondary N) is 1. The summed E-state index contributed by atoms with van der Waals surface area (Å²) in [4.78, 5) is 12.4. The number of nitrogens with zero attached hydrogens (tertiary/aromatic N) is 4. The molecule has 1 amide bonds. The minimum absolute atomic E-state index is 0.0921. The molecule has 0 bridgehead atoms. The summed E-state index contributed by atoms with van der Waals surface area (Å²) in [6.07, 6.45) is -16.1. The summed E-state index contributed by atoms with van der Waals surface area (Å²) in [5.74, 6) is -8.49. The third-order valence-corrected chi connectivity index (χ3v) is 5.92. The molecule has 3 aromatic rings. The zero-order chi connectivity index (χ0) is 29.3. The van der Waals surface area contributed by atoms with Crippen molar-refractivity contribution in [2.45, 2.75) is 43.3 Å². The molecule has 18 heteroatoms. The Morgan fingerprint density at radius 2 is 1.56 bits per heavy atom. The third kappa shape index (κ3) is 5.27. The highest BCUT2D eigenvalue weighted by atomic mass is 35.5. The predicted octanol–water partition coefficient (Wildman–Crippen LogP) is 6.51. The van der Waals surface area contributed by atoms with Crippen LogP contribution in [0.15, 0.2) is 24.4 Å². The number of aryl methyl sites for hydroxylation is 1. The number of hydrogen-bond donors (Lipinski definition) is 1. The molecule has 1 aliphatic carbocycles. The molecule has 2 aromatic heterocycles. The Kier molecular flexibility index (Phi) is 6.68. The van der Waals surface area contributed by atoms with Crippen molar-refractivity contribution in [1.29, 1.82) is 0 Å². The normalized spacial score (nSPS) is 15.1. The molecule has 1 N–H and O–H groups in total. The van der Waals surface area contributed by atoms with Gasteiger partial charge in [0.2, 0.25) is 0 Å². The lowest BCUT2D eigenvalue weighted by molar-refractivity contribution is -0.292. The van der Waals surface area contributed by atoms with E-state index in [1.165, 1.54) is 0 Å². The van der Waals surface area contributed by atoms with Crippen molar-refractivity contribution in [1.82, 2.24) is 24.9 Å². The van der Waals surface area contributed by atoms with Crippen LogP contribution in [0.2, 0.25) is 5.02 Å². The maximum absolute atomic E-state index is 14.0. The molecule has 0 atom stereocenters. The molecule has 0 radical (unpaired) electrons. The van der Waals surface area contributed by atoms with Crippen LogP contribution in [0.25, 0.3) is 16.9 Å². The number of benzene rings is 1. The summed E-state index contributed by atoms with van der Waals surface area (Å²) in [6.45, 7) is 0. The van der Waals surface area contributed by atoms with Gasteiger partial charge in [0.1, 0.15) is 5.56 Å². The maximum Gasteiger partial charge on any atom is 0.459 e. The van der Waals surface area contributed by atoms with E-state index in [1.54, 1.807) is 0 Å². The topological polar surface area (TPSA) is 64.7 Å². The number of hydrogen-bond acceptors (Lipinski definition) is 3. The lowest BCUT2D eigenvalue weighted by Gasteiger charge is -2.19. The molecule has 0 aliphatic heterocycles. The number of rotatable bonds is 5. The SMILES string of the molecule is Cn1nc(C(F)(F)C(F)(F)F)c(C(F)(F)F)c1-n1cc(-c2ccc(Cl)c(C(=O)NC3CC3)c2)c(C(F)(F)F)n1. The number of halogens is 12. The van der Waals surface area contributed by atoms with Crippen molar-refractivity contribution in [3.05, 3.63) is 51.9 Å². The van der Waals surface area contributed by atoms with E-state index < -0.39 is 64.3 Å². The van der Waals surface area contributed by atoms with Crippen LogP contribution in [-0.4, -0.2) is 37.7 Å². The first-order chi connectivity index (χ1) is 17.7. The van der Waals surface area contributed by atoms with Crippen LogP contribution in [0.4, 0.5) is 48.3 Å². The number of aromatic nitrogens is 4. The average molecular weight is 596 g/mol. The molecule has 0 unspecified atom stereocenters. The molecule has 1 saturated carbocycles. The monoisotopic (exact) mass is 595 g/mol. The lowest BCUT2D eigenvalue weighted by Crippen LogP contribution is -2.36. The van der Waals surface area contributed by atoms with Gasteiger partial charge in [0.05, 0.1) is 10.6 Å². The van der Waals surface area contributed by atoms with Crippen LogP contribution >= 0.6 is 11.6 Å². The van der Waals surface area contributed by atoms with Gasteiger partial charge >= 0.3 is 24.5 Å². The van der Waals surface area contributed by atoms with Crippen molar-refractivity contribution in [2.75, 3.05) is 0 Å². The first-order valence-corrected chi connectivity index (χ1v) is 11.0. The van der Waals surface area contributed by atoms with Gasteiger partial charge in [-0.05, 0) is 30.5 Å². The summed E-state index contributed by atoms with van der Waals surface area (Å²) >= 11 is 5.98. The van der Waals surface area contributed by atoms with E-state index in [4.69, 9.17) is 11.6 Å². The molecule has 1 aliphatic rings. The van der Waals surface area contributed by atoms with Gasteiger partial charge in [0.15, 0.2) is 17.2 Å². The predicted molar refractivity (Wildman–Crippen MR) is 111 cm³/mol. The first kappa shape index (κ1) is 28.6. The fourth-order valence-electron chi connectivity index (χ4n) is 3.65. The minimum Gasteiger partial charge on any atom is -0.349 e. The van der Waals surface area contributed by atoms with Gasteiger partial charge < -0.3 is 5.32 Å². The number of carbonyl (C=O) groups excluding carboxylic acids is 1. The largest absolute Gasteiger partial charge is 0.459 e. The zero-order valence-corrected chi connectivity index (χ0v) is 19.8. The lowest BCUT2D eigenvalue weighted by atomic mass is 10.0. The Hall–Kier alpha value is -3.37. The number of carbonyl (C=O) groups is 1. The van der Waals surface area contributed by atoms with E-state index in [2.05, 4.69) is 15.5 Å². The van der Waals surface area contributed by atoms with Gasteiger partial charge in [-0.25, -0.2) is 9.36 Å². The van der Waals surface area contributed by atoms with Gasteiger partial charge in [-0.2, -0.15) is 58.5 Å². The van der Waals surface area contributed by atoms with E-state index in [1.807, 2.05) is 0 Å². The Labute approximate surface area is 215 Å². The summed E-state index contributed by atoms with van der Waals surface area (Å²) in [6, 6.07) is 2.78. The van der Waals surface area contributed by atoms with Crippen molar-refractivity contribution >= 4 is 17.5 Å². The Morgan fingerprint density at radius 1 is 0.949 bits per heavy atom. The first-order valence-electron chi connectivity index (χ1n) is 10.6. The second kappa shape index (κ2) is 9.09. The van der Waals surface area contributed by atoms with Gasteiger partial charge in [0.25, 0.3) is 5.91 Å². The van der Waals surface area contributed by atoms with Crippen molar-refractivity contribution in [3.8, 4) is 16.9 Å². The summed E-state index contributed by atoms with van der Waals surface area (Å²) in [5, 5.41) is 8.11. The Morgan fingerprint density at radius 3 is 2.08 bits per heavy atom. The zero-order valence-electron chi connectivity index (χ0n) is 19.0. The molecular formula is C21H13ClF11N5O. The van der Waals surface area contributed by atoms with E-state index in [0.717, 1.165) is 18.2 Å². The van der Waals surface area contributed by atoms with Crippen molar-refractivity contribution in [3.63, 3.8) is 0 Å². The molecule has 1 fully saturated rings. The van der Waals surface area contributed by atoms with E-state index in [9.17, 15) is 53.1 Å². The standard InChI is InChI=1S/C21H13ClF11N5O/c1-37-17(13(19(25,26)27)15(35-37)18(23,24)21(31,32)33)38-7-11(14(36-38)20(28,29)30)8-2-5-12(22)10(6-8)16(39)34-9-3-4-9/h2,5-7,9H,3-4H2,1H3,(H,34,39). The van der Waals surface area contributed by atoms with E-state index in [-0.39, 0.29) is 26.0 Å². The van der Waals surface area contributed by atoms with Crippen LogP contribution < -0.4 is 5.32 Å².